The van der Waals surface area contributed by atoms with E-state index >= 15 is 0 Å². The van der Waals surface area contributed by atoms with Crippen LogP contribution in [0.25, 0.3) is 0 Å². The van der Waals surface area contributed by atoms with Gasteiger partial charge in [-0.15, -0.1) is 0 Å². The molecule has 2 fully saturated rings. The number of H-pyrrole nitrogens is 1. The highest BCUT2D eigenvalue weighted by molar-refractivity contribution is 5.94. The second-order valence-corrected chi connectivity index (χ2v) is 9.71. The molecule has 9 nitrogen and oxygen atoms in total. The molecule has 0 aliphatic carbocycles. The van der Waals surface area contributed by atoms with Crippen molar-refractivity contribution >= 4 is 23.4 Å². The van der Waals surface area contributed by atoms with Gasteiger partial charge in [-0.2, -0.15) is 5.10 Å². The van der Waals surface area contributed by atoms with Crippen LogP contribution in [0.5, 0.6) is 0 Å². The molecule has 2 aromatic heterocycles. The fourth-order valence-electron chi connectivity index (χ4n) is 4.89. The highest BCUT2D eigenvalue weighted by Gasteiger charge is 2.26. The summed E-state index contributed by atoms with van der Waals surface area (Å²) in [6.45, 7) is 7.42. The van der Waals surface area contributed by atoms with Crippen molar-refractivity contribution in [3.05, 3.63) is 59.5 Å². The van der Waals surface area contributed by atoms with Gasteiger partial charge in [-0.25, -0.2) is 9.97 Å². The van der Waals surface area contributed by atoms with Crippen LogP contribution in [0.4, 0.5) is 17.5 Å². The Balaban J connectivity index is 1.34. The molecule has 0 saturated carbocycles. The van der Waals surface area contributed by atoms with Crippen molar-refractivity contribution in [1.29, 1.82) is 0 Å². The topological polar surface area (TPSA) is 93.3 Å². The molecule has 3 aromatic rings. The van der Waals surface area contributed by atoms with Gasteiger partial charge < -0.3 is 20.0 Å². The number of rotatable bonds is 6. The zero-order chi connectivity index (χ0) is 24.2. The quantitative estimate of drug-likeness (QED) is 0.567. The van der Waals surface area contributed by atoms with E-state index in [0.29, 0.717) is 5.92 Å². The molecule has 5 rings (SSSR count). The summed E-state index contributed by atoms with van der Waals surface area (Å²) >= 11 is 0. The van der Waals surface area contributed by atoms with Gasteiger partial charge in [0, 0.05) is 69.1 Å². The molecule has 2 saturated heterocycles. The monoisotopic (exact) mass is 474 g/mol. The normalized spacial score (nSPS) is 19.1. The van der Waals surface area contributed by atoms with Gasteiger partial charge in [-0.3, -0.25) is 9.89 Å². The molecular weight excluding hydrogens is 440 g/mol. The predicted octanol–water partition coefficient (Wildman–Crippen LogP) is 3.10. The van der Waals surface area contributed by atoms with Crippen molar-refractivity contribution < 1.29 is 4.79 Å². The Bertz CT molecular complexity index is 1140. The van der Waals surface area contributed by atoms with Crippen LogP contribution < -0.4 is 10.2 Å². The number of amides is 1. The Morgan fingerprint density at radius 3 is 2.60 bits per heavy atom. The van der Waals surface area contributed by atoms with E-state index in [0.717, 1.165) is 93.1 Å². The van der Waals surface area contributed by atoms with Gasteiger partial charge in [0.25, 0.3) is 5.91 Å². The zero-order valence-electron chi connectivity index (χ0n) is 20.6. The Morgan fingerprint density at radius 1 is 1.06 bits per heavy atom. The van der Waals surface area contributed by atoms with Gasteiger partial charge in [0.1, 0.15) is 17.5 Å². The summed E-state index contributed by atoms with van der Waals surface area (Å²) in [7, 11) is 2.15. The number of likely N-dealkylation sites (tertiary alicyclic amines) is 1. The largest absolute Gasteiger partial charge is 0.354 e. The highest BCUT2D eigenvalue weighted by atomic mass is 16.2. The fourth-order valence-corrected chi connectivity index (χ4v) is 4.89. The third-order valence-electron chi connectivity index (χ3n) is 6.85. The number of aromatic nitrogens is 4. The van der Waals surface area contributed by atoms with Crippen molar-refractivity contribution in [2.24, 2.45) is 5.92 Å². The predicted molar refractivity (Wildman–Crippen MR) is 137 cm³/mol. The molecular formula is C26H34N8O. The van der Waals surface area contributed by atoms with Gasteiger partial charge in [0.05, 0.1) is 0 Å². The van der Waals surface area contributed by atoms with E-state index in [1.807, 2.05) is 54.3 Å². The van der Waals surface area contributed by atoms with E-state index in [2.05, 4.69) is 32.4 Å². The lowest BCUT2D eigenvalue weighted by atomic mass is 9.94. The maximum absolute atomic E-state index is 13.0. The van der Waals surface area contributed by atoms with Crippen LogP contribution in [-0.2, 0) is 6.42 Å². The van der Waals surface area contributed by atoms with Crippen LogP contribution >= 0.6 is 0 Å². The molecule has 2 N–H and O–H groups in total. The molecule has 184 valence electrons. The number of nitrogens with zero attached hydrogens (tertiary/aromatic N) is 6. The third-order valence-corrected chi connectivity index (χ3v) is 6.85. The minimum absolute atomic E-state index is 0.110. The van der Waals surface area contributed by atoms with E-state index in [-0.39, 0.29) is 5.91 Å². The number of likely N-dealkylation sites (N-methyl/N-ethyl adjacent to an activating group) is 1. The lowest BCUT2D eigenvalue weighted by Crippen LogP contribution is -2.45. The molecule has 9 heteroatoms. The number of aryl methyl sites for hydroxylation is 1. The second kappa shape index (κ2) is 10.4. The molecule has 4 heterocycles. The number of carbonyl (C=O) groups excluding carboxylic acids is 1. The van der Waals surface area contributed by atoms with Crippen LogP contribution in [0, 0.1) is 12.8 Å². The van der Waals surface area contributed by atoms with E-state index in [1.54, 1.807) is 0 Å². The summed E-state index contributed by atoms with van der Waals surface area (Å²) in [4.78, 5) is 29.5. The maximum atomic E-state index is 13.0. The van der Waals surface area contributed by atoms with Crippen LogP contribution in [0.3, 0.4) is 0 Å². The van der Waals surface area contributed by atoms with Gasteiger partial charge in [0.15, 0.2) is 5.82 Å². The fraction of sp³-hybridized carbons (Fsp3) is 0.462. The zero-order valence-corrected chi connectivity index (χ0v) is 20.6. The second-order valence-electron chi connectivity index (χ2n) is 9.71. The van der Waals surface area contributed by atoms with Crippen molar-refractivity contribution in [3.8, 4) is 0 Å². The van der Waals surface area contributed by atoms with E-state index in [9.17, 15) is 4.79 Å². The first kappa shape index (κ1) is 23.3. The van der Waals surface area contributed by atoms with E-state index in [4.69, 9.17) is 9.97 Å². The number of nitrogens with one attached hydrogen (secondary N) is 2. The molecule has 0 unspecified atom stereocenters. The standard InChI is InChI=1S/C26H34N8O/c1-19-15-24(31-30-19)28-23-17-25(33-13-11-32(2)12-14-33)29-22(27-23)16-20-7-6-10-34(18-20)26(35)21-8-4-3-5-9-21/h3-5,8-9,15,17,20H,6-7,10-14,16,18H2,1-2H3,(H2,27,28,29,30,31)/t20-/m0/s1. The first-order valence-electron chi connectivity index (χ1n) is 12.5. The molecule has 0 radical (unpaired) electrons. The van der Waals surface area contributed by atoms with Crippen molar-refractivity contribution in [2.45, 2.75) is 26.2 Å². The molecule has 1 aromatic carbocycles. The number of hydrogen-bond acceptors (Lipinski definition) is 7. The minimum atomic E-state index is 0.110. The number of aromatic amines is 1. The molecule has 35 heavy (non-hydrogen) atoms. The van der Waals surface area contributed by atoms with Gasteiger partial charge in [-0.05, 0) is 44.9 Å². The average Bonchev–Trinajstić information content (AvgIpc) is 3.29. The smallest absolute Gasteiger partial charge is 0.253 e. The molecule has 2 aliphatic rings. The number of hydrogen-bond donors (Lipinski definition) is 2. The highest BCUT2D eigenvalue weighted by Crippen LogP contribution is 2.25. The number of piperidine rings is 1. The minimum Gasteiger partial charge on any atom is -0.354 e. The Morgan fingerprint density at radius 2 is 1.86 bits per heavy atom. The third kappa shape index (κ3) is 5.79. The maximum Gasteiger partial charge on any atom is 0.253 e. The first-order chi connectivity index (χ1) is 17.0. The summed E-state index contributed by atoms with van der Waals surface area (Å²) in [5.74, 6) is 3.71. The molecule has 0 bridgehead atoms. The number of benzene rings is 1. The van der Waals surface area contributed by atoms with Gasteiger partial charge in [0.2, 0.25) is 0 Å². The van der Waals surface area contributed by atoms with Crippen LogP contribution in [0.15, 0.2) is 42.5 Å². The number of piperazine rings is 1. The summed E-state index contributed by atoms with van der Waals surface area (Å²) < 4.78 is 0. The summed E-state index contributed by atoms with van der Waals surface area (Å²) in [6.07, 6.45) is 2.81. The van der Waals surface area contributed by atoms with Crippen molar-refractivity contribution in [1.82, 2.24) is 30.0 Å². The summed E-state index contributed by atoms with van der Waals surface area (Å²) in [5.41, 5.74) is 1.74. The van der Waals surface area contributed by atoms with E-state index in [1.165, 1.54) is 0 Å². The number of carbonyl (C=O) groups is 1. The molecule has 1 atom stereocenters. The Hall–Kier alpha value is -3.46. The summed E-state index contributed by atoms with van der Waals surface area (Å²) in [5, 5.41) is 10.6. The lowest BCUT2D eigenvalue weighted by molar-refractivity contribution is 0.0672. The molecule has 2 aliphatic heterocycles. The molecule has 0 spiro atoms. The van der Waals surface area contributed by atoms with Gasteiger partial charge in [-0.1, -0.05) is 18.2 Å². The summed E-state index contributed by atoms with van der Waals surface area (Å²) in [6, 6.07) is 13.5. The number of anilines is 3. The van der Waals surface area contributed by atoms with Crippen molar-refractivity contribution in [2.75, 3.05) is 56.5 Å². The van der Waals surface area contributed by atoms with Crippen molar-refractivity contribution in [3.63, 3.8) is 0 Å². The van der Waals surface area contributed by atoms with E-state index < -0.39 is 0 Å². The Kier molecular flexibility index (Phi) is 6.94. The SMILES string of the molecule is Cc1cc(Nc2cc(N3CCN(C)CC3)nc(C[C@@H]3CCCN(C(=O)c4ccccc4)C3)n2)n[nH]1. The lowest BCUT2D eigenvalue weighted by Gasteiger charge is -2.34. The Labute approximate surface area is 206 Å². The molecule has 1 amide bonds. The van der Waals surface area contributed by atoms with Crippen LogP contribution in [0.2, 0.25) is 0 Å². The first-order valence-corrected chi connectivity index (χ1v) is 12.5. The van der Waals surface area contributed by atoms with Crippen LogP contribution in [0.1, 0.15) is 34.7 Å². The van der Waals surface area contributed by atoms with Crippen LogP contribution in [-0.4, -0.2) is 82.2 Å². The average molecular weight is 475 g/mol. The van der Waals surface area contributed by atoms with Gasteiger partial charge >= 0.3 is 0 Å².